The Balaban J connectivity index is 1.41. The van der Waals surface area contributed by atoms with Gasteiger partial charge in [0.05, 0.1) is 5.75 Å². The van der Waals surface area contributed by atoms with Crippen LogP contribution in [0.15, 0.2) is 16.0 Å². The number of thioether (sulfide) groups is 1. The lowest BCUT2D eigenvalue weighted by Crippen LogP contribution is -2.47. The average molecular weight is 362 g/mol. The zero-order valence-electron chi connectivity index (χ0n) is 14.2. The van der Waals surface area contributed by atoms with Crippen LogP contribution < -0.4 is 10.9 Å². The van der Waals surface area contributed by atoms with Crippen molar-refractivity contribution >= 4 is 23.4 Å². The number of piperidine rings is 1. The summed E-state index contributed by atoms with van der Waals surface area (Å²) in [6.45, 7) is 5.51. The minimum Gasteiger partial charge on any atom is -0.341 e. The molecule has 9 heteroatoms. The van der Waals surface area contributed by atoms with Gasteiger partial charge in [-0.1, -0.05) is 11.8 Å². The highest BCUT2D eigenvalue weighted by molar-refractivity contribution is 7.99. The standard InChI is InChI=1S/C16H22N6O2S/c1-11-7-12(23)22-14(18-11)19-15(20-22)25-8-13(24)21-6-2-3-16(10-21)4-5-17-9-16/h7,17H,2-6,8-10H2,1H3,(H,18,19,20). The van der Waals surface area contributed by atoms with E-state index >= 15 is 0 Å². The summed E-state index contributed by atoms with van der Waals surface area (Å²) in [7, 11) is 0. The van der Waals surface area contributed by atoms with Gasteiger partial charge in [0.2, 0.25) is 5.91 Å². The van der Waals surface area contributed by atoms with Crippen LogP contribution in [0.5, 0.6) is 0 Å². The number of rotatable bonds is 3. The second kappa shape index (κ2) is 6.45. The number of hydrogen-bond acceptors (Lipinski definition) is 6. The number of aromatic nitrogens is 4. The topological polar surface area (TPSA) is 95.4 Å². The molecule has 2 aromatic heterocycles. The molecule has 1 spiro atoms. The predicted molar refractivity (Wildman–Crippen MR) is 94.8 cm³/mol. The van der Waals surface area contributed by atoms with Gasteiger partial charge < -0.3 is 10.2 Å². The number of likely N-dealkylation sites (tertiary alicyclic amines) is 1. The SMILES string of the molecule is Cc1cc(=O)n2[nH]c(SCC(=O)N3CCCC4(CCNC4)C3)nc2n1. The number of hydrogen-bond donors (Lipinski definition) is 2. The Labute approximate surface area is 149 Å². The van der Waals surface area contributed by atoms with Crippen molar-refractivity contribution in [2.24, 2.45) is 5.41 Å². The molecule has 4 heterocycles. The van der Waals surface area contributed by atoms with Crippen LogP contribution in [0.1, 0.15) is 25.0 Å². The van der Waals surface area contributed by atoms with Crippen molar-refractivity contribution in [2.45, 2.75) is 31.3 Å². The van der Waals surface area contributed by atoms with Gasteiger partial charge in [0, 0.05) is 36.8 Å². The van der Waals surface area contributed by atoms with Gasteiger partial charge in [0.15, 0.2) is 5.16 Å². The Morgan fingerprint density at radius 1 is 1.40 bits per heavy atom. The van der Waals surface area contributed by atoms with E-state index in [0.717, 1.165) is 39.0 Å². The van der Waals surface area contributed by atoms with E-state index in [2.05, 4.69) is 20.4 Å². The molecular formula is C16H22N6O2S. The number of aryl methyl sites for hydroxylation is 1. The highest BCUT2D eigenvalue weighted by Gasteiger charge is 2.39. The molecule has 0 bridgehead atoms. The van der Waals surface area contributed by atoms with E-state index in [-0.39, 0.29) is 16.9 Å². The maximum Gasteiger partial charge on any atom is 0.274 e. The molecule has 1 amide bonds. The zero-order valence-corrected chi connectivity index (χ0v) is 15.1. The Morgan fingerprint density at radius 3 is 3.08 bits per heavy atom. The summed E-state index contributed by atoms with van der Waals surface area (Å²) in [5.74, 6) is 0.790. The van der Waals surface area contributed by atoms with Crippen LogP contribution in [0.25, 0.3) is 5.78 Å². The fraction of sp³-hybridized carbons (Fsp3) is 0.625. The van der Waals surface area contributed by atoms with Gasteiger partial charge >= 0.3 is 0 Å². The lowest BCUT2D eigenvalue weighted by molar-refractivity contribution is -0.131. The van der Waals surface area contributed by atoms with Gasteiger partial charge in [-0.2, -0.15) is 9.50 Å². The quantitative estimate of drug-likeness (QED) is 0.769. The van der Waals surface area contributed by atoms with Crippen molar-refractivity contribution in [3.63, 3.8) is 0 Å². The lowest BCUT2D eigenvalue weighted by atomic mass is 9.79. The van der Waals surface area contributed by atoms with Crippen molar-refractivity contribution in [2.75, 3.05) is 31.9 Å². The Bertz CT molecular complexity index is 854. The molecule has 2 aliphatic rings. The molecule has 0 radical (unpaired) electrons. The first-order valence-corrected chi connectivity index (χ1v) is 9.61. The van der Waals surface area contributed by atoms with Crippen LogP contribution >= 0.6 is 11.8 Å². The third-order valence-corrected chi connectivity index (χ3v) is 5.96. The molecule has 2 N–H and O–H groups in total. The van der Waals surface area contributed by atoms with Crippen molar-refractivity contribution in [3.8, 4) is 0 Å². The number of amides is 1. The smallest absolute Gasteiger partial charge is 0.274 e. The van der Waals surface area contributed by atoms with Crippen LogP contribution in [0, 0.1) is 12.3 Å². The molecule has 2 aromatic rings. The first kappa shape index (κ1) is 16.6. The van der Waals surface area contributed by atoms with Gasteiger partial charge in [-0.3, -0.25) is 14.7 Å². The van der Waals surface area contributed by atoms with Gasteiger partial charge in [0.1, 0.15) is 0 Å². The van der Waals surface area contributed by atoms with E-state index in [1.54, 1.807) is 6.92 Å². The van der Waals surface area contributed by atoms with Gasteiger partial charge in [-0.05, 0) is 32.7 Å². The summed E-state index contributed by atoms with van der Waals surface area (Å²) in [6, 6.07) is 1.45. The van der Waals surface area contributed by atoms with E-state index in [4.69, 9.17) is 0 Å². The number of aromatic amines is 1. The number of nitrogens with zero attached hydrogens (tertiary/aromatic N) is 4. The maximum atomic E-state index is 12.6. The Kier molecular flexibility index (Phi) is 4.28. The number of carbonyl (C=O) groups excluding carboxylic acids is 1. The first-order chi connectivity index (χ1) is 12.0. The monoisotopic (exact) mass is 362 g/mol. The molecule has 2 aliphatic heterocycles. The van der Waals surface area contributed by atoms with Gasteiger partial charge in [-0.15, -0.1) is 0 Å². The van der Waals surface area contributed by atoms with Crippen molar-refractivity contribution in [1.82, 2.24) is 29.8 Å². The molecule has 0 aliphatic carbocycles. The van der Waals surface area contributed by atoms with Crippen molar-refractivity contribution in [3.05, 3.63) is 22.1 Å². The summed E-state index contributed by atoms with van der Waals surface area (Å²) < 4.78 is 1.31. The van der Waals surface area contributed by atoms with Crippen LogP contribution in [-0.2, 0) is 4.79 Å². The summed E-state index contributed by atoms with van der Waals surface area (Å²) >= 11 is 1.32. The number of H-pyrrole nitrogens is 1. The highest BCUT2D eigenvalue weighted by atomic mass is 32.2. The Hall–Kier alpha value is -1.87. The van der Waals surface area contributed by atoms with E-state index < -0.39 is 0 Å². The predicted octanol–water partition coefficient (Wildman–Crippen LogP) is 0.420. The number of fused-ring (bicyclic) bond motifs is 1. The summed E-state index contributed by atoms with van der Waals surface area (Å²) in [4.78, 5) is 35.0. The second-order valence-corrected chi connectivity index (χ2v) is 8.00. The third-order valence-electron chi connectivity index (χ3n) is 5.12. The first-order valence-electron chi connectivity index (χ1n) is 8.62. The van der Waals surface area contributed by atoms with Crippen LogP contribution in [0.2, 0.25) is 0 Å². The highest BCUT2D eigenvalue weighted by Crippen LogP contribution is 2.35. The van der Waals surface area contributed by atoms with E-state index in [1.165, 1.54) is 28.8 Å². The molecule has 134 valence electrons. The van der Waals surface area contributed by atoms with Crippen molar-refractivity contribution < 1.29 is 4.79 Å². The average Bonchev–Trinajstić information content (AvgIpc) is 3.20. The summed E-state index contributed by atoms with van der Waals surface area (Å²) in [6.07, 6.45) is 3.43. The fourth-order valence-corrected chi connectivity index (χ4v) is 4.57. The molecule has 0 aromatic carbocycles. The fourth-order valence-electron chi connectivity index (χ4n) is 3.82. The lowest BCUT2D eigenvalue weighted by Gasteiger charge is -2.40. The molecule has 2 fully saturated rings. The molecule has 1 unspecified atom stereocenters. The maximum absolute atomic E-state index is 12.6. The van der Waals surface area contributed by atoms with Crippen LogP contribution in [-0.4, -0.2) is 62.3 Å². The Morgan fingerprint density at radius 2 is 2.28 bits per heavy atom. The van der Waals surface area contributed by atoms with E-state index in [9.17, 15) is 9.59 Å². The molecule has 4 rings (SSSR count). The summed E-state index contributed by atoms with van der Waals surface area (Å²) in [5, 5.41) is 6.88. The third kappa shape index (κ3) is 3.30. The van der Waals surface area contributed by atoms with E-state index in [0.29, 0.717) is 22.4 Å². The number of carbonyl (C=O) groups is 1. The summed E-state index contributed by atoms with van der Waals surface area (Å²) in [5.41, 5.74) is 0.708. The molecule has 1 atom stereocenters. The van der Waals surface area contributed by atoms with Gasteiger partial charge in [0.25, 0.3) is 11.3 Å². The minimum absolute atomic E-state index is 0.132. The van der Waals surface area contributed by atoms with Crippen LogP contribution in [0.4, 0.5) is 0 Å². The number of nitrogens with one attached hydrogen (secondary N) is 2. The molecule has 25 heavy (non-hydrogen) atoms. The van der Waals surface area contributed by atoms with Crippen molar-refractivity contribution in [1.29, 1.82) is 0 Å². The second-order valence-electron chi connectivity index (χ2n) is 7.03. The molecule has 8 nitrogen and oxygen atoms in total. The molecular weight excluding hydrogens is 340 g/mol. The van der Waals surface area contributed by atoms with Gasteiger partial charge in [-0.25, -0.2) is 4.98 Å². The normalized spacial score (nSPS) is 23.6. The minimum atomic E-state index is -0.195. The largest absolute Gasteiger partial charge is 0.341 e. The molecule has 0 saturated carbocycles. The van der Waals surface area contributed by atoms with E-state index in [1.807, 2.05) is 4.90 Å². The molecule has 2 saturated heterocycles. The van der Waals surface area contributed by atoms with Crippen LogP contribution in [0.3, 0.4) is 0 Å². The zero-order chi connectivity index (χ0) is 17.4.